The predicted octanol–water partition coefficient (Wildman–Crippen LogP) is 13.3. The Hall–Kier alpha value is -5.70. The molecule has 0 N–H and O–H groups in total. The smallest absolute Gasteiger partial charge is 0.136 e. The van der Waals surface area contributed by atoms with Crippen LogP contribution in [0, 0.1) is 0 Å². The Balaban J connectivity index is 1.28. The van der Waals surface area contributed by atoms with Gasteiger partial charge in [-0.3, -0.25) is 0 Å². The SMILES string of the molecule is c1ccc(-c2csc3c2ccc2oc4ccc(-c5c6ccccc6c(-c6cccc7ccccc67)c6ccccc56)cc4c23)cc1. The van der Waals surface area contributed by atoms with E-state index in [0.717, 1.165) is 16.6 Å². The zero-order chi connectivity index (χ0) is 30.2. The van der Waals surface area contributed by atoms with Gasteiger partial charge in [0.25, 0.3) is 0 Å². The van der Waals surface area contributed by atoms with Gasteiger partial charge in [0, 0.05) is 26.4 Å². The van der Waals surface area contributed by atoms with Crippen LogP contribution in [0.25, 0.3) is 97.7 Å². The van der Waals surface area contributed by atoms with Gasteiger partial charge in [-0.05, 0) is 89.8 Å². The fraction of sp³-hybridized carbons (Fsp3) is 0. The molecule has 0 saturated heterocycles. The minimum atomic E-state index is 0.918. The molecule has 10 rings (SSSR count). The van der Waals surface area contributed by atoms with Crippen molar-refractivity contribution in [2.24, 2.45) is 0 Å². The summed E-state index contributed by atoms with van der Waals surface area (Å²) in [4.78, 5) is 0. The fourth-order valence-corrected chi connectivity index (χ4v) is 8.66. The molecular weight excluding hydrogens is 577 g/mol. The van der Waals surface area contributed by atoms with Crippen molar-refractivity contribution in [1.82, 2.24) is 0 Å². The lowest BCUT2D eigenvalue weighted by atomic mass is 9.84. The first-order chi connectivity index (χ1) is 22.8. The lowest BCUT2D eigenvalue weighted by molar-refractivity contribution is 0.669. The van der Waals surface area contributed by atoms with Gasteiger partial charge in [-0.2, -0.15) is 0 Å². The van der Waals surface area contributed by atoms with E-state index in [1.54, 1.807) is 11.3 Å². The van der Waals surface area contributed by atoms with Gasteiger partial charge in [0.15, 0.2) is 0 Å². The Bertz CT molecular complexity index is 2740. The van der Waals surface area contributed by atoms with Crippen molar-refractivity contribution in [3.8, 4) is 33.4 Å². The summed E-state index contributed by atoms with van der Waals surface area (Å²) in [6.45, 7) is 0. The van der Waals surface area contributed by atoms with Gasteiger partial charge in [0.05, 0.1) is 0 Å². The summed E-state index contributed by atoms with van der Waals surface area (Å²) in [6.07, 6.45) is 0. The summed E-state index contributed by atoms with van der Waals surface area (Å²) in [7, 11) is 0. The number of hydrogen-bond donors (Lipinski definition) is 0. The lowest BCUT2D eigenvalue weighted by Gasteiger charge is -2.18. The highest BCUT2D eigenvalue weighted by molar-refractivity contribution is 7.19. The van der Waals surface area contributed by atoms with E-state index in [9.17, 15) is 0 Å². The fourth-order valence-electron chi connectivity index (χ4n) is 7.52. The Morgan fingerprint density at radius 2 is 1.02 bits per heavy atom. The van der Waals surface area contributed by atoms with E-state index >= 15 is 0 Å². The van der Waals surface area contributed by atoms with Crippen molar-refractivity contribution in [2.45, 2.75) is 0 Å². The van der Waals surface area contributed by atoms with Crippen LogP contribution in [-0.4, -0.2) is 0 Å². The molecule has 0 amide bonds. The first kappa shape index (κ1) is 25.6. The van der Waals surface area contributed by atoms with Crippen LogP contribution in [0.1, 0.15) is 0 Å². The minimum absolute atomic E-state index is 0.918. The first-order valence-corrected chi connectivity index (χ1v) is 16.6. The van der Waals surface area contributed by atoms with E-state index in [-0.39, 0.29) is 0 Å². The summed E-state index contributed by atoms with van der Waals surface area (Å²) in [5, 5.41) is 13.5. The average Bonchev–Trinajstić information content (AvgIpc) is 3.72. The van der Waals surface area contributed by atoms with E-state index in [1.165, 1.54) is 81.2 Å². The number of benzene rings is 8. The molecule has 0 atom stereocenters. The van der Waals surface area contributed by atoms with Crippen LogP contribution < -0.4 is 0 Å². The van der Waals surface area contributed by atoms with Crippen LogP contribution in [0.5, 0.6) is 0 Å². The quantitative estimate of drug-likeness (QED) is 0.183. The summed E-state index contributed by atoms with van der Waals surface area (Å²) in [6, 6.07) is 54.9. The average molecular weight is 603 g/mol. The predicted molar refractivity (Wildman–Crippen MR) is 198 cm³/mol. The molecule has 1 nitrogen and oxygen atoms in total. The Morgan fingerprint density at radius 3 is 1.78 bits per heavy atom. The van der Waals surface area contributed by atoms with E-state index in [1.807, 2.05) is 0 Å². The molecule has 2 heterocycles. The standard InChI is InChI=1S/C44H26OS/c1-2-11-28(12-3-1)38-26-46-44-36(38)22-24-40-43(44)37-25-29(21-23-39(37)45-40)41-32-16-6-8-18-34(32)42(35-19-9-7-17-33(35)41)31-20-10-14-27-13-4-5-15-30(27)31/h1-26H. The van der Waals surface area contributed by atoms with Gasteiger partial charge in [0.1, 0.15) is 11.2 Å². The number of hydrogen-bond acceptors (Lipinski definition) is 2. The second-order valence-electron chi connectivity index (χ2n) is 12.0. The summed E-state index contributed by atoms with van der Waals surface area (Å²) >= 11 is 1.80. The van der Waals surface area contributed by atoms with Crippen LogP contribution >= 0.6 is 11.3 Å². The molecule has 8 aromatic carbocycles. The normalized spacial score (nSPS) is 11.9. The second kappa shape index (κ2) is 9.90. The first-order valence-electron chi connectivity index (χ1n) is 15.7. The highest BCUT2D eigenvalue weighted by Crippen LogP contribution is 2.47. The molecule has 2 heteroatoms. The molecule has 0 fully saturated rings. The van der Waals surface area contributed by atoms with Gasteiger partial charge in [0.2, 0.25) is 0 Å². The number of furan rings is 1. The molecule has 0 aliphatic carbocycles. The molecule has 0 radical (unpaired) electrons. The van der Waals surface area contributed by atoms with Crippen molar-refractivity contribution in [3.05, 3.63) is 157 Å². The van der Waals surface area contributed by atoms with Crippen LogP contribution in [0.2, 0.25) is 0 Å². The van der Waals surface area contributed by atoms with Crippen LogP contribution in [0.4, 0.5) is 0 Å². The highest BCUT2D eigenvalue weighted by Gasteiger charge is 2.20. The maximum absolute atomic E-state index is 6.47. The highest BCUT2D eigenvalue weighted by atomic mass is 32.1. The van der Waals surface area contributed by atoms with E-state index in [0.29, 0.717) is 0 Å². The topological polar surface area (TPSA) is 13.1 Å². The number of fused-ring (bicyclic) bond motifs is 8. The van der Waals surface area contributed by atoms with Crippen molar-refractivity contribution in [1.29, 1.82) is 0 Å². The molecular formula is C44H26OS. The van der Waals surface area contributed by atoms with Crippen molar-refractivity contribution >= 4 is 75.7 Å². The molecule has 10 aromatic rings. The van der Waals surface area contributed by atoms with E-state index < -0.39 is 0 Å². The van der Waals surface area contributed by atoms with Gasteiger partial charge in [-0.15, -0.1) is 11.3 Å². The Morgan fingerprint density at radius 1 is 0.391 bits per heavy atom. The Kier molecular flexibility index (Phi) is 5.51. The summed E-state index contributed by atoms with van der Waals surface area (Å²) < 4.78 is 7.74. The molecule has 46 heavy (non-hydrogen) atoms. The van der Waals surface area contributed by atoms with Gasteiger partial charge in [-0.25, -0.2) is 0 Å². The van der Waals surface area contributed by atoms with Crippen molar-refractivity contribution < 1.29 is 4.42 Å². The number of rotatable bonds is 3. The monoisotopic (exact) mass is 602 g/mol. The molecule has 2 aromatic heterocycles. The third-order valence-electron chi connectivity index (χ3n) is 9.54. The Labute approximate surface area is 269 Å². The summed E-state index contributed by atoms with van der Waals surface area (Å²) in [5.74, 6) is 0. The lowest BCUT2D eigenvalue weighted by Crippen LogP contribution is -1.91. The number of thiophene rings is 1. The van der Waals surface area contributed by atoms with Gasteiger partial charge < -0.3 is 4.42 Å². The third kappa shape index (κ3) is 3.68. The molecule has 0 saturated carbocycles. The summed E-state index contributed by atoms with van der Waals surface area (Å²) in [5.41, 5.74) is 9.38. The zero-order valence-corrected chi connectivity index (χ0v) is 25.6. The maximum Gasteiger partial charge on any atom is 0.136 e. The zero-order valence-electron chi connectivity index (χ0n) is 24.8. The van der Waals surface area contributed by atoms with Gasteiger partial charge in [-0.1, -0.05) is 127 Å². The van der Waals surface area contributed by atoms with Crippen LogP contribution in [-0.2, 0) is 0 Å². The van der Waals surface area contributed by atoms with Gasteiger partial charge >= 0.3 is 0 Å². The van der Waals surface area contributed by atoms with E-state index in [2.05, 4.69) is 157 Å². The van der Waals surface area contributed by atoms with E-state index in [4.69, 9.17) is 4.42 Å². The molecule has 0 unspecified atom stereocenters. The largest absolute Gasteiger partial charge is 0.456 e. The molecule has 0 aliphatic heterocycles. The minimum Gasteiger partial charge on any atom is -0.456 e. The van der Waals surface area contributed by atoms with Crippen molar-refractivity contribution in [3.63, 3.8) is 0 Å². The molecule has 0 bridgehead atoms. The maximum atomic E-state index is 6.47. The second-order valence-corrected chi connectivity index (χ2v) is 12.9. The molecule has 0 spiro atoms. The van der Waals surface area contributed by atoms with Crippen LogP contribution in [0.3, 0.4) is 0 Å². The third-order valence-corrected chi connectivity index (χ3v) is 10.6. The van der Waals surface area contributed by atoms with Crippen molar-refractivity contribution in [2.75, 3.05) is 0 Å². The molecule has 214 valence electrons. The van der Waals surface area contributed by atoms with Crippen LogP contribution in [0.15, 0.2) is 161 Å². The molecule has 0 aliphatic rings.